The molecular weight excluding hydrogens is 546 g/mol. The minimum Gasteiger partial charge on any atom is -0.457 e. The Morgan fingerprint density at radius 3 is 2.63 bits per heavy atom. The number of rotatable bonds is 4. The minimum absolute atomic E-state index is 0.150. The summed E-state index contributed by atoms with van der Waals surface area (Å²) in [6.45, 7) is 6.12. The van der Waals surface area contributed by atoms with Crippen LogP contribution in [0.15, 0.2) is 66.7 Å². The molecule has 0 saturated carbocycles. The van der Waals surface area contributed by atoms with Crippen molar-refractivity contribution in [2.24, 2.45) is 0 Å². The van der Waals surface area contributed by atoms with E-state index in [0.717, 1.165) is 16.7 Å². The highest BCUT2D eigenvalue weighted by Crippen LogP contribution is 2.28. The summed E-state index contributed by atoms with van der Waals surface area (Å²) in [5.41, 5.74) is 2.89. The van der Waals surface area contributed by atoms with Crippen LogP contribution in [0.25, 0.3) is 0 Å². The van der Waals surface area contributed by atoms with Crippen molar-refractivity contribution in [2.75, 3.05) is 26.7 Å². The van der Waals surface area contributed by atoms with Crippen molar-refractivity contribution in [3.63, 3.8) is 0 Å². The minimum atomic E-state index is -0.796. The average molecular weight is 586 g/mol. The SMILES string of the molecule is Cc1ccc2cc1Oc1cccc(c1)CO[C@H]1CN(C(=O)c3cccc(CCC(C)(C)O)c3)C[C@@H]1NC(=O)CN(C)C2=O. The number of carbonyl (C=O) groups is 3. The molecule has 0 spiro atoms. The molecule has 0 unspecified atom stereocenters. The van der Waals surface area contributed by atoms with Gasteiger partial charge in [0.25, 0.3) is 11.8 Å². The maximum atomic E-state index is 13.6. The number of benzene rings is 3. The number of likely N-dealkylation sites (N-methyl/N-ethyl adjacent to an activating group) is 1. The Kier molecular flexibility index (Phi) is 8.84. The standard InChI is InChI=1S/C34H39N3O6/c1-22-11-12-26-17-29(22)43-27-10-6-8-24(16-27)21-42-30-19-37(18-28(30)35-31(38)20-36(4)32(26)39)33(40)25-9-5-7-23(15-25)13-14-34(2,3)41/h5-12,15-17,28,30,41H,13-14,18-21H2,1-4H3,(H,35,38)/t28-,30-/m0/s1. The highest BCUT2D eigenvalue weighted by atomic mass is 16.5. The summed E-state index contributed by atoms with van der Waals surface area (Å²) in [7, 11) is 1.58. The Hall–Kier alpha value is -4.21. The van der Waals surface area contributed by atoms with Gasteiger partial charge in [-0.05, 0) is 86.7 Å². The van der Waals surface area contributed by atoms with E-state index >= 15 is 0 Å². The van der Waals surface area contributed by atoms with E-state index in [1.807, 2.05) is 55.5 Å². The summed E-state index contributed by atoms with van der Waals surface area (Å²) in [5.74, 6) is 0.380. The molecule has 3 aromatic rings. The zero-order chi connectivity index (χ0) is 30.7. The highest BCUT2D eigenvalue weighted by Gasteiger charge is 2.37. The van der Waals surface area contributed by atoms with E-state index in [4.69, 9.17) is 9.47 Å². The van der Waals surface area contributed by atoms with E-state index in [9.17, 15) is 19.5 Å². The van der Waals surface area contributed by atoms with Crippen LogP contribution in [0.5, 0.6) is 11.5 Å². The summed E-state index contributed by atoms with van der Waals surface area (Å²) >= 11 is 0. The number of aliphatic hydroxyl groups is 1. The van der Waals surface area contributed by atoms with E-state index in [-0.39, 0.29) is 37.4 Å². The number of hydrogen-bond donors (Lipinski definition) is 2. The summed E-state index contributed by atoms with van der Waals surface area (Å²) in [4.78, 5) is 43.0. The molecule has 0 aromatic heterocycles. The fraction of sp³-hybridized carbons (Fsp3) is 0.382. The number of fused-ring (bicyclic) bond motifs is 5. The quantitative estimate of drug-likeness (QED) is 0.477. The summed E-state index contributed by atoms with van der Waals surface area (Å²) in [6.07, 6.45) is 0.764. The first-order valence-electron chi connectivity index (χ1n) is 14.6. The smallest absolute Gasteiger partial charge is 0.254 e. The third kappa shape index (κ3) is 7.60. The molecule has 3 aromatic carbocycles. The second-order valence-electron chi connectivity index (χ2n) is 12.1. The molecule has 2 aliphatic rings. The molecule has 2 heterocycles. The molecule has 3 amide bonds. The zero-order valence-electron chi connectivity index (χ0n) is 25.1. The Morgan fingerprint density at radius 2 is 1.84 bits per heavy atom. The zero-order valence-corrected chi connectivity index (χ0v) is 25.1. The van der Waals surface area contributed by atoms with Crippen LogP contribution < -0.4 is 10.1 Å². The van der Waals surface area contributed by atoms with Gasteiger partial charge >= 0.3 is 0 Å². The molecule has 0 radical (unpaired) electrons. The predicted molar refractivity (Wildman–Crippen MR) is 162 cm³/mol. The lowest BCUT2D eigenvalue weighted by molar-refractivity contribution is -0.123. The van der Waals surface area contributed by atoms with Crippen molar-refractivity contribution < 1.29 is 29.0 Å². The molecule has 1 saturated heterocycles. The van der Waals surface area contributed by atoms with Crippen LogP contribution in [0.3, 0.4) is 0 Å². The molecule has 43 heavy (non-hydrogen) atoms. The fourth-order valence-electron chi connectivity index (χ4n) is 5.37. The third-order valence-electron chi connectivity index (χ3n) is 7.85. The molecule has 0 aliphatic carbocycles. The number of amides is 3. The van der Waals surface area contributed by atoms with Crippen molar-refractivity contribution in [3.05, 3.63) is 94.5 Å². The Labute approximate surface area is 252 Å². The van der Waals surface area contributed by atoms with Gasteiger partial charge in [0.1, 0.15) is 11.5 Å². The highest BCUT2D eigenvalue weighted by molar-refractivity contribution is 5.97. The first kappa shape index (κ1) is 30.3. The topological polar surface area (TPSA) is 108 Å². The van der Waals surface area contributed by atoms with Gasteiger partial charge in [0.2, 0.25) is 5.91 Å². The van der Waals surface area contributed by atoms with E-state index in [1.54, 1.807) is 44.0 Å². The Bertz CT molecular complexity index is 1510. The van der Waals surface area contributed by atoms with Gasteiger partial charge in [-0.2, -0.15) is 0 Å². The van der Waals surface area contributed by atoms with E-state index < -0.39 is 17.7 Å². The van der Waals surface area contributed by atoms with Crippen LogP contribution in [0.1, 0.15) is 57.7 Å². The molecule has 4 bridgehead atoms. The Balaban J connectivity index is 1.37. The van der Waals surface area contributed by atoms with Gasteiger partial charge in [-0.25, -0.2) is 0 Å². The first-order valence-corrected chi connectivity index (χ1v) is 14.6. The van der Waals surface area contributed by atoms with E-state index in [2.05, 4.69) is 5.32 Å². The Morgan fingerprint density at radius 1 is 1.05 bits per heavy atom. The average Bonchev–Trinajstić information content (AvgIpc) is 3.37. The van der Waals surface area contributed by atoms with E-state index in [1.165, 1.54) is 4.90 Å². The van der Waals surface area contributed by atoms with Crippen molar-refractivity contribution in [1.29, 1.82) is 0 Å². The van der Waals surface area contributed by atoms with Gasteiger partial charge in [-0.15, -0.1) is 0 Å². The van der Waals surface area contributed by atoms with Gasteiger partial charge in [0, 0.05) is 31.3 Å². The maximum Gasteiger partial charge on any atom is 0.254 e. The van der Waals surface area contributed by atoms with Crippen LogP contribution in [-0.2, 0) is 22.6 Å². The molecule has 226 valence electrons. The van der Waals surface area contributed by atoms with Crippen molar-refractivity contribution >= 4 is 17.7 Å². The van der Waals surface area contributed by atoms with Crippen LogP contribution >= 0.6 is 0 Å². The number of carbonyl (C=O) groups excluding carboxylic acids is 3. The second-order valence-corrected chi connectivity index (χ2v) is 12.1. The lowest BCUT2D eigenvalue weighted by Crippen LogP contribution is -2.48. The van der Waals surface area contributed by atoms with Crippen LogP contribution in [0.2, 0.25) is 0 Å². The lowest BCUT2D eigenvalue weighted by atomic mass is 9.98. The van der Waals surface area contributed by atoms with Crippen LogP contribution in [0, 0.1) is 6.92 Å². The monoisotopic (exact) mass is 585 g/mol. The molecule has 5 rings (SSSR count). The summed E-state index contributed by atoms with van der Waals surface area (Å²) in [6, 6.07) is 19.8. The van der Waals surface area contributed by atoms with Gasteiger partial charge in [0.15, 0.2) is 0 Å². The molecule has 2 aliphatic heterocycles. The van der Waals surface area contributed by atoms with Crippen molar-refractivity contribution in [2.45, 2.75) is 58.0 Å². The lowest BCUT2D eigenvalue weighted by Gasteiger charge is -2.23. The normalized spacial score (nSPS) is 19.5. The number of hydrogen-bond acceptors (Lipinski definition) is 6. The first-order chi connectivity index (χ1) is 20.4. The molecular formula is C34H39N3O6. The number of likely N-dealkylation sites (tertiary alicyclic amines) is 1. The number of aryl methyl sites for hydroxylation is 2. The van der Waals surface area contributed by atoms with E-state index in [0.29, 0.717) is 42.0 Å². The van der Waals surface area contributed by atoms with Crippen LogP contribution in [0.4, 0.5) is 0 Å². The molecule has 2 N–H and O–H groups in total. The van der Waals surface area contributed by atoms with Crippen molar-refractivity contribution in [3.8, 4) is 11.5 Å². The molecule has 2 atom stereocenters. The molecule has 9 heteroatoms. The summed E-state index contributed by atoms with van der Waals surface area (Å²) in [5, 5.41) is 13.1. The molecule has 9 nitrogen and oxygen atoms in total. The molecule has 1 fully saturated rings. The maximum absolute atomic E-state index is 13.6. The predicted octanol–water partition coefficient (Wildman–Crippen LogP) is 4.10. The van der Waals surface area contributed by atoms with Gasteiger partial charge in [-0.3, -0.25) is 14.4 Å². The largest absolute Gasteiger partial charge is 0.457 e. The fourth-order valence-corrected chi connectivity index (χ4v) is 5.37. The number of nitrogens with zero attached hydrogens (tertiary/aromatic N) is 2. The van der Waals surface area contributed by atoms with Gasteiger partial charge in [-0.1, -0.05) is 30.3 Å². The third-order valence-corrected chi connectivity index (χ3v) is 7.85. The van der Waals surface area contributed by atoms with Gasteiger partial charge < -0.3 is 29.7 Å². The summed E-state index contributed by atoms with van der Waals surface area (Å²) < 4.78 is 12.5. The van der Waals surface area contributed by atoms with Gasteiger partial charge in [0.05, 0.1) is 30.9 Å². The number of ether oxygens (including phenoxy) is 2. The van der Waals surface area contributed by atoms with Crippen LogP contribution in [-0.4, -0.2) is 77.1 Å². The van der Waals surface area contributed by atoms with Crippen molar-refractivity contribution in [1.82, 2.24) is 15.1 Å². The number of nitrogens with one attached hydrogen (secondary N) is 1. The second kappa shape index (κ2) is 12.6.